The highest BCUT2D eigenvalue weighted by Crippen LogP contribution is 2.59. The Labute approximate surface area is 192 Å². The molecule has 0 aromatic carbocycles. The van der Waals surface area contributed by atoms with Crippen LogP contribution in [0.2, 0.25) is 13.1 Å². The first-order chi connectivity index (χ1) is 13.8. The molecule has 0 bridgehead atoms. The molecular formula is C22H39NO6SSi. The summed E-state index contributed by atoms with van der Waals surface area (Å²) in [6, 6.07) is -0.736. The van der Waals surface area contributed by atoms with Gasteiger partial charge < -0.3 is 18.8 Å². The van der Waals surface area contributed by atoms with Crippen LogP contribution in [0.3, 0.4) is 0 Å². The van der Waals surface area contributed by atoms with Crippen molar-refractivity contribution in [1.29, 1.82) is 0 Å². The quantitative estimate of drug-likeness (QED) is 0.252. The number of hydrogen-bond acceptors (Lipinski definition) is 7. The molecule has 0 aliphatic carbocycles. The average molecular weight is 474 g/mol. The number of carbonyl (C=O) groups excluding carboxylic acids is 3. The van der Waals surface area contributed by atoms with Gasteiger partial charge in [-0.1, -0.05) is 20.8 Å². The zero-order chi connectivity index (χ0) is 24.2. The van der Waals surface area contributed by atoms with Crippen molar-refractivity contribution in [3.63, 3.8) is 0 Å². The molecule has 2 rings (SSSR count). The Morgan fingerprint density at radius 1 is 1.06 bits per heavy atom. The van der Waals surface area contributed by atoms with Crippen LogP contribution in [0.5, 0.6) is 0 Å². The fourth-order valence-corrected chi connectivity index (χ4v) is 7.44. The first kappa shape index (κ1) is 26.2. The van der Waals surface area contributed by atoms with Gasteiger partial charge in [0.05, 0.1) is 22.3 Å². The summed E-state index contributed by atoms with van der Waals surface area (Å²) in [7, 11) is -1.43. The summed E-state index contributed by atoms with van der Waals surface area (Å²) < 4.78 is 16.3. The number of ether oxygens (including phenoxy) is 2. The van der Waals surface area contributed by atoms with E-state index in [-0.39, 0.29) is 22.6 Å². The Hall–Kier alpha value is -1.06. The summed E-state index contributed by atoms with van der Waals surface area (Å²) in [6.07, 6.45) is 0. The van der Waals surface area contributed by atoms with Gasteiger partial charge in [-0.25, -0.2) is 4.79 Å². The van der Waals surface area contributed by atoms with E-state index in [0.717, 1.165) is 0 Å². The maximum absolute atomic E-state index is 13.4. The van der Waals surface area contributed by atoms with E-state index in [1.165, 1.54) is 0 Å². The Morgan fingerprint density at radius 3 is 2.06 bits per heavy atom. The number of esters is 2. The molecule has 1 amide bonds. The van der Waals surface area contributed by atoms with E-state index in [9.17, 15) is 14.4 Å². The van der Waals surface area contributed by atoms with Crippen molar-refractivity contribution in [1.82, 2.24) is 4.90 Å². The molecule has 2 aliphatic rings. The van der Waals surface area contributed by atoms with Gasteiger partial charge in [0.25, 0.3) is 0 Å². The van der Waals surface area contributed by atoms with Crippen LogP contribution in [0, 0.1) is 16.7 Å². The van der Waals surface area contributed by atoms with Gasteiger partial charge >= 0.3 is 11.9 Å². The lowest BCUT2D eigenvalue weighted by Crippen LogP contribution is -2.71. The first-order valence-corrected chi connectivity index (χ1v) is 14.5. The van der Waals surface area contributed by atoms with E-state index in [0.29, 0.717) is 0 Å². The Morgan fingerprint density at radius 2 is 1.61 bits per heavy atom. The van der Waals surface area contributed by atoms with Gasteiger partial charge in [0.1, 0.15) is 6.04 Å². The molecule has 31 heavy (non-hydrogen) atoms. The second-order valence-electron chi connectivity index (χ2n) is 11.5. The summed E-state index contributed by atoms with van der Waals surface area (Å²) in [4.78, 5) is 39.9. The minimum absolute atomic E-state index is 0.0798. The highest BCUT2D eigenvalue weighted by molar-refractivity contribution is 8.01. The number of carbonyl (C=O) groups is 3. The third-order valence-corrected chi connectivity index (χ3v) is 8.76. The molecule has 0 aromatic rings. The maximum atomic E-state index is 13.4. The summed E-state index contributed by atoms with van der Waals surface area (Å²) in [5, 5.41) is -0.158. The molecule has 0 radical (unpaired) electrons. The second kappa shape index (κ2) is 8.37. The SMILES string of the molecule is C[SiH](C)O[C@@](C)([C@@H]1C(=O)N2[C@@H]1SC(C)(C)[C@@H]2C(=O)OCOC(=O)C(C)(C)C)C(C)(C)C. The highest BCUT2D eigenvalue weighted by Gasteiger charge is 2.69. The van der Waals surface area contributed by atoms with Crippen LogP contribution in [0.4, 0.5) is 0 Å². The van der Waals surface area contributed by atoms with Crippen LogP contribution < -0.4 is 0 Å². The van der Waals surface area contributed by atoms with E-state index in [2.05, 4.69) is 33.9 Å². The summed E-state index contributed by atoms with van der Waals surface area (Å²) in [5.41, 5.74) is -1.56. The third-order valence-electron chi connectivity index (χ3n) is 6.23. The molecule has 0 aromatic heterocycles. The molecule has 2 aliphatic heterocycles. The third kappa shape index (κ3) is 4.83. The van der Waals surface area contributed by atoms with Crippen LogP contribution in [0.15, 0.2) is 0 Å². The molecule has 0 saturated carbocycles. The van der Waals surface area contributed by atoms with Crippen molar-refractivity contribution < 1.29 is 28.3 Å². The van der Waals surface area contributed by atoms with Gasteiger partial charge in [0.15, 0.2) is 9.04 Å². The molecule has 178 valence electrons. The minimum Gasteiger partial charge on any atom is -0.427 e. The summed E-state index contributed by atoms with van der Waals surface area (Å²) in [5.74, 6) is -1.41. The van der Waals surface area contributed by atoms with Gasteiger partial charge in [0.2, 0.25) is 12.7 Å². The molecule has 2 heterocycles. The second-order valence-corrected chi connectivity index (χ2v) is 15.6. The molecule has 2 saturated heterocycles. The van der Waals surface area contributed by atoms with Crippen molar-refractivity contribution in [3.05, 3.63) is 0 Å². The zero-order valence-corrected chi connectivity index (χ0v) is 22.8. The van der Waals surface area contributed by atoms with Gasteiger partial charge in [0, 0.05) is 4.75 Å². The number of β-lactam (4-membered cyclic amide) rings is 1. The smallest absolute Gasteiger partial charge is 0.333 e. The number of thioether (sulfide) groups is 1. The molecule has 9 heteroatoms. The van der Waals surface area contributed by atoms with E-state index in [4.69, 9.17) is 13.9 Å². The minimum atomic E-state index is -1.43. The van der Waals surface area contributed by atoms with Crippen molar-refractivity contribution in [3.8, 4) is 0 Å². The lowest BCUT2D eigenvalue weighted by molar-refractivity contribution is -0.190. The largest absolute Gasteiger partial charge is 0.427 e. The highest BCUT2D eigenvalue weighted by atomic mass is 32.2. The molecule has 0 spiro atoms. The Kier molecular flexibility index (Phi) is 7.07. The normalized spacial score (nSPS) is 27.4. The molecule has 0 unspecified atom stereocenters. The maximum Gasteiger partial charge on any atom is 0.333 e. The van der Waals surface area contributed by atoms with Gasteiger partial charge in [-0.15, -0.1) is 11.8 Å². The number of rotatable bonds is 6. The molecule has 7 nitrogen and oxygen atoms in total. The van der Waals surface area contributed by atoms with Crippen LogP contribution in [-0.4, -0.2) is 60.3 Å². The van der Waals surface area contributed by atoms with E-state index in [1.807, 2.05) is 20.8 Å². The van der Waals surface area contributed by atoms with Gasteiger partial charge in [-0.2, -0.15) is 0 Å². The summed E-state index contributed by atoms with van der Waals surface area (Å²) >= 11 is 1.61. The fraction of sp³-hybridized carbons (Fsp3) is 0.864. The number of hydrogen-bond donors (Lipinski definition) is 0. The molecule has 2 fully saturated rings. The molecular weight excluding hydrogens is 434 g/mol. The monoisotopic (exact) mass is 473 g/mol. The number of fused-ring (bicyclic) bond motifs is 1. The average Bonchev–Trinajstić information content (AvgIpc) is 2.79. The lowest BCUT2D eigenvalue weighted by atomic mass is 9.66. The van der Waals surface area contributed by atoms with Crippen LogP contribution in [-0.2, 0) is 28.3 Å². The lowest BCUT2D eigenvalue weighted by Gasteiger charge is -2.56. The van der Waals surface area contributed by atoms with Gasteiger partial charge in [-0.3, -0.25) is 9.59 Å². The van der Waals surface area contributed by atoms with Crippen LogP contribution in [0.1, 0.15) is 62.3 Å². The Balaban J connectivity index is 2.19. The van der Waals surface area contributed by atoms with E-state index < -0.39 is 49.6 Å². The van der Waals surface area contributed by atoms with E-state index in [1.54, 1.807) is 37.4 Å². The number of nitrogens with zero attached hydrogens (tertiary/aromatic N) is 1. The van der Waals surface area contributed by atoms with E-state index >= 15 is 0 Å². The van der Waals surface area contributed by atoms with Crippen molar-refractivity contribution >= 4 is 38.6 Å². The van der Waals surface area contributed by atoms with Crippen LogP contribution in [0.25, 0.3) is 0 Å². The first-order valence-electron chi connectivity index (χ1n) is 10.9. The van der Waals surface area contributed by atoms with Crippen molar-refractivity contribution in [2.75, 3.05) is 6.79 Å². The molecule has 0 N–H and O–H groups in total. The Bertz CT molecular complexity index is 741. The topological polar surface area (TPSA) is 82.1 Å². The standard InChI is InChI=1S/C22H39NO6SSi/c1-19(2,3)18(26)28-12-27-17(25)14-21(7,8)30-16-13(15(24)23(14)16)22(9,20(4,5)6)29-31(10)11/h13-14,16,31H,12H2,1-11H3/t13-,14+,16-,22+/m1/s1. The molecule has 4 atom stereocenters. The fourth-order valence-electron chi connectivity index (χ4n) is 4.14. The van der Waals surface area contributed by atoms with Crippen LogP contribution >= 0.6 is 11.8 Å². The predicted octanol–water partition coefficient (Wildman–Crippen LogP) is 3.56. The zero-order valence-electron chi connectivity index (χ0n) is 20.8. The summed E-state index contributed by atoms with van der Waals surface area (Å²) in [6.45, 7) is 21.2. The van der Waals surface area contributed by atoms with Gasteiger partial charge in [-0.05, 0) is 60.1 Å². The van der Waals surface area contributed by atoms with Crippen molar-refractivity contribution in [2.45, 2.75) is 97.2 Å². The number of amides is 1. The van der Waals surface area contributed by atoms with Crippen molar-refractivity contribution in [2.24, 2.45) is 16.7 Å². The predicted molar refractivity (Wildman–Crippen MR) is 124 cm³/mol.